The van der Waals surface area contributed by atoms with E-state index in [0.29, 0.717) is 37.1 Å². The van der Waals surface area contributed by atoms with Crippen molar-refractivity contribution in [2.75, 3.05) is 0 Å². The second-order valence-corrected chi connectivity index (χ2v) is 5.01. The summed E-state index contributed by atoms with van der Waals surface area (Å²) in [6.45, 7) is 0. The maximum atomic E-state index is 11.1. The zero-order chi connectivity index (χ0) is 11.6. The van der Waals surface area contributed by atoms with Crippen molar-refractivity contribution in [3.63, 3.8) is 0 Å². The van der Waals surface area contributed by atoms with Crippen LogP contribution in [-0.2, 0) is 11.2 Å². The lowest BCUT2D eigenvalue weighted by Gasteiger charge is -2.31. The minimum atomic E-state index is -0.724. The fourth-order valence-corrected chi connectivity index (χ4v) is 2.41. The molecule has 0 bridgehead atoms. The van der Waals surface area contributed by atoms with E-state index in [1.54, 1.807) is 0 Å². The van der Waals surface area contributed by atoms with E-state index < -0.39 is 5.60 Å². The van der Waals surface area contributed by atoms with Gasteiger partial charge in [-0.25, -0.2) is 0 Å². The van der Waals surface area contributed by atoms with Crippen LogP contribution in [-0.4, -0.2) is 16.5 Å². The van der Waals surface area contributed by atoms with E-state index in [0.717, 1.165) is 5.56 Å². The van der Waals surface area contributed by atoms with E-state index in [4.69, 9.17) is 11.6 Å². The number of rotatable bonds is 2. The average Bonchev–Trinajstić information content (AvgIpc) is 2.23. The normalized spacial score (nSPS) is 19.8. The van der Waals surface area contributed by atoms with E-state index in [2.05, 4.69) is 0 Å². The average molecular weight is 239 g/mol. The van der Waals surface area contributed by atoms with Crippen molar-refractivity contribution in [1.29, 1.82) is 0 Å². The van der Waals surface area contributed by atoms with E-state index in [-0.39, 0.29) is 5.78 Å². The number of hydrogen-bond acceptors (Lipinski definition) is 2. The van der Waals surface area contributed by atoms with Crippen molar-refractivity contribution in [1.82, 2.24) is 0 Å². The van der Waals surface area contributed by atoms with Crippen molar-refractivity contribution < 1.29 is 9.90 Å². The minimum Gasteiger partial charge on any atom is -0.390 e. The topological polar surface area (TPSA) is 37.3 Å². The third-order valence-corrected chi connectivity index (χ3v) is 3.40. The number of carbonyl (C=O) groups excluding carboxylic acids is 1. The predicted molar refractivity (Wildman–Crippen MR) is 63.6 cm³/mol. The Hall–Kier alpha value is -0.860. The molecular weight excluding hydrogens is 224 g/mol. The van der Waals surface area contributed by atoms with Crippen LogP contribution in [0.2, 0.25) is 5.02 Å². The molecule has 2 rings (SSSR count). The number of benzene rings is 1. The molecule has 3 heteroatoms. The van der Waals surface area contributed by atoms with Gasteiger partial charge in [0.05, 0.1) is 5.60 Å². The van der Waals surface area contributed by atoms with Gasteiger partial charge in [-0.2, -0.15) is 0 Å². The number of Topliss-reactive ketones (excluding diaryl/α,β-unsaturated/α-hetero) is 1. The largest absolute Gasteiger partial charge is 0.390 e. The first-order chi connectivity index (χ1) is 7.57. The highest BCUT2D eigenvalue weighted by molar-refractivity contribution is 6.30. The second-order valence-electron chi connectivity index (χ2n) is 4.57. The molecule has 1 aliphatic rings. The van der Waals surface area contributed by atoms with Crippen molar-refractivity contribution in [2.45, 2.75) is 37.7 Å². The molecule has 86 valence electrons. The van der Waals surface area contributed by atoms with Crippen LogP contribution < -0.4 is 0 Å². The van der Waals surface area contributed by atoms with E-state index in [9.17, 15) is 9.90 Å². The number of halogens is 1. The van der Waals surface area contributed by atoms with Crippen molar-refractivity contribution >= 4 is 17.4 Å². The molecule has 0 spiro atoms. The lowest BCUT2D eigenvalue weighted by molar-refractivity contribution is -0.125. The summed E-state index contributed by atoms with van der Waals surface area (Å²) in [5.41, 5.74) is 0.308. The molecule has 0 atom stereocenters. The number of carbonyl (C=O) groups is 1. The number of hydrogen-bond donors (Lipinski definition) is 1. The Morgan fingerprint density at radius 1 is 1.31 bits per heavy atom. The zero-order valence-electron chi connectivity index (χ0n) is 9.08. The molecular formula is C13H15ClO2. The Labute approximate surface area is 100 Å². The lowest BCUT2D eigenvalue weighted by atomic mass is 9.80. The van der Waals surface area contributed by atoms with Crippen LogP contribution >= 0.6 is 11.6 Å². The lowest BCUT2D eigenvalue weighted by Crippen LogP contribution is -2.36. The first-order valence-electron chi connectivity index (χ1n) is 5.56. The highest BCUT2D eigenvalue weighted by Gasteiger charge is 2.32. The standard InChI is InChI=1S/C13H15ClO2/c14-11-3-1-2-10(8-11)9-13(16)6-4-12(15)5-7-13/h1-3,8,16H,4-7,9H2. The monoisotopic (exact) mass is 238 g/mol. The molecule has 1 aromatic rings. The van der Waals surface area contributed by atoms with E-state index in [1.807, 2.05) is 24.3 Å². The molecule has 0 saturated heterocycles. The molecule has 1 saturated carbocycles. The molecule has 0 aromatic heterocycles. The van der Waals surface area contributed by atoms with Gasteiger partial charge in [-0.15, -0.1) is 0 Å². The number of aliphatic hydroxyl groups is 1. The second kappa shape index (κ2) is 4.56. The van der Waals surface area contributed by atoms with Gasteiger partial charge >= 0.3 is 0 Å². The van der Waals surface area contributed by atoms with Gasteiger partial charge in [-0.1, -0.05) is 23.7 Å². The van der Waals surface area contributed by atoms with Crippen LogP contribution in [0.1, 0.15) is 31.2 Å². The zero-order valence-corrected chi connectivity index (χ0v) is 9.83. The first kappa shape index (κ1) is 11.6. The smallest absolute Gasteiger partial charge is 0.133 e. The summed E-state index contributed by atoms with van der Waals surface area (Å²) in [5, 5.41) is 11.0. The van der Waals surface area contributed by atoms with E-state index in [1.165, 1.54) is 0 Å². The summed E-state index contributed by atoms with van der Waals surface area (Å²) < 4.78 is 0. The third-order valence-electron chi connectivity index (χ3n) is 3.16. The van der Waals surface area contributed by atoms with Gasteiger partial charge in [0, 0.05) is 24.3 Å². The van der Waals surface area contributed by atoms with Crippen LogP contribution in [0.4, 0.5) is 0 Å². The molecule has 1 fully saturated rings. The summed E-state index contributed by atoms with van der Waals surface area (Å²) in [7, 11) is 0. The summed E-state index contributed by atoms with van der Waals surface area (Å²) in [6.07, 6.45) is 2.71. The Morgan fingerprint density at radius 3 is 2.62 bits per heavy atom. The Balaban J connectivity index is 2.06. The van der Waals surface area contributed by atoms with E-state index >= 15 is 0 Å². The predicted octanol–water partition coefficient (Wildman–Crippen LogP) is 2.76. The van der Waals surface area contributed by atoms with Crippen LogP contribution in [0, 0.1) is 0 Å². The van der Waals surface area contributed by atoms with Crippen LogP contribution in [0.5, 0.6) is 0 Å². The van der Waals surface area contributed by atoms with Gasteiger partial charge in [0.2, 0.25) is 0 Å². The van der Waals surface area contributed by atoms with Gasteiger partial charge in [0.15, 0.2) is 0 Å². The molecule has 0 amide bonds. The maximum absolute atomic E-state index is 11.1. The van der Waals surface area contributed by atoms with Gasteiger partial charge in [0.25, 0.3) is 0 Å². The minimum absolute atomic E-state index is 0.260. The van der Waals surface area contributed by atoms with Crippen molar-refractivity contribution in [2.24, 2.45) is 0 Å². The van der Waals surface area contributed by atoms with Gasteiger partial charge in [0.1, 0.15) is 5.78 Å². The fourth-order valence-electron chi connectivity index (χ4n) is 2.20. The fraction of sp³-hybridized carbons (Fsp3) is 0.462. The molecule has 0 radical (unpaired) electrons. The molecule has 1 N–H and O–H groups in total. The van der Waals surface area contributed by atoms with Crippen LogP contribution in [0.15, 0.2) is 24.3 Å². The van der Waals surface area contributed by atoms with Crippen LogP contribution in [0.25, 0.3) is 0 Å². The molecule has 0 heterocycles. The third kappa shape index (κ3) is 2.83. The summed E-state index contributed by atoms with van der Waals surface area (Å²) >= 11 is 5.90. The summed E-state index contributed by atoms with van der Waals surface area (Å²) in [4.78, 5) is 11.1. The van der Waals surface area contributed by atoms with Crippen LogP contribution in [0.3, 0.4) is 0 Å². The van der Waals surface area contributed by atoms with Gasteiger partial charge < -0.3 is 5.11 Å². The molecule has 1 aromatic carbocycles. The highest BCUT2D eigenvalue weighted by Crippen LogP contribution is 2.30. The number of ketones is 1. The molecule has 0 aliphatic heterocycles. The van der Waals surface area contributed by atoms with Gasteiger partial charge in [-0.05, 0) is 30.5 Å². The highest BCUT2D eigenvalue weighted by atomic mass is 35.5. The SMILES string of the molecule is O=C1CCC(O)(Cc2cccc(Cl)c2)CC1. The molecule has 0 unspecified atom stereocenters. The van der Waals surface area contributed by atoms with Crippen molar-refractivity contribution in [3.05, 3.63) is 34.9 Å². The first-order valence-corrected chi connectivity index (χ1v) is 5.94. The molecule has 16 heavy (non-hydrogen) atoms. The summed E-state index contributed by atoms with van der Waals surface area (Å²) in [5.74, 6) is 0.260. The Kier molecular flexibility index (Phi) is 3.31. The summed E-state index contributed by atoms with van der Waals surface area (Å²) in [6, 6.07) is 7.53. The maximum Gasteiger partial charge on any atom is 0.133 e. The Morgan fingerprint density at radius 2 is 2.00 bits per heavy atom. The van der Waals surface area contributed by atoms with Gasteiger partial charge in [-0.3, -0.25) is 4.79 Å². The van der Waals surface area contributed by atoms with Crippen molar-refractivity contribution in [3.8, 4) is 0 Å². The molecule has 2 nitrogen and oxygen atoms in total. The molecule has 1 aliphatic carbocycles. The Bertz CT molecular complexity index is 391. The quantitative estimate of drug-likeness (QED) is 0.860.